The van der Waals surface area contributed by atoms with Gasteiger partial charge in [0.1, 0.15) is 22.8 Å². The number of hydrogen-bond acceptors (Lipinski definition) is 6. The third-order valence-electron chi connectivity index (χ3n) is 3.28. The van der Waals surface area contributed by atoms with E-state index >= 15 is 0 Å². The molecular weight excluding hydrogens is 384 g/mol. The summed E-state index contributed by atoms with van der Waals surface area (Å²) in [7, 11) is 0. The number of aromatic nitrogens is 3. The van der Waals surface area contributed by atoms with Crippen molar-refractivity contribution < 1.29 is 18.3 Å². The van der Waals surface area contributed by atoms with E-state index in [4.69, 9.17) is 16.3 Å². The van der Waals surface area contributed by atoms with Crippen molar-refractivity contribution in [3.8, 4) is 11.5 Å². The zero-order valence-corrected chi connectivity index (χ0v) is 15.0. The van der Waals surface area contributed by atoms with Crippen molar-refractivity contribution in [2.75, 3.05) is 0 Å². The molecule has 0 radical (unpaired) electrons. The highest BCUT2D eigenvalue weighted by Gasteiger charge is 2.28. The van der Waals surface area contributed by atoms with E-state index in [0.717, 1.165) is 18.3 Å². The number of hydrogen-bond donors (Lipinski definition) is 0. The lowest BCUT2D eigenvalue weighted by Gasteiger charge is -2.07. The Balaban J connectivity index is 1.78. The van der Waals surface area contributed by atoms with E-state index in [9.17, 15) is 13.6 Å². The summed E-state index contributed by atoms with van der Waals surface area (Å²) < 4.78 is 32.1. The number of carbonyl (C=O) groups is 1. The van der Waals surface area contributed by atoms with Crippen LogP contribution in [0.1, 0.15) is 28.0 Å². The van der Waals surface area contributed by atoms with Gasteiger partial charge in [0.2, 0.25) is 0 Å². The number of rotatable bonds is 6. The molecule has 0 fully saturated rings. The molecule has 0 saturated carbocycles. The van der Waals surface area contributed by atoms with Gasteiger partial charge in [-0.3, -0.25) is 4.79 Å². The number of carbonyl (C=O) groups excluding carboxylic acids is 1. The van der Waals surface area contributed by atoms with Crippen LogP contribution < -0.4 is 4.74 Å². The highest BCUT2D eigenvalue weighted by atomic mass is 35.5. The van der Waals surface area contributed by atoms with Gasteiger partial charge in [0, 0.05) is 22.9 Å². The standard InChI is InChI=1S/C17H12ClF2N3O2S/c1-17(19,20)15-8-26-16(23-15)5-14(24)10-2-11(18)4-12(3-10)25-13-6-21-9-22-7-13/h2-4,6-9H,5H2,1H3. The molecule has 134 valence electrons. The van der Waals surface area contributed by atoms with Crippen molar-refractivity contribution in [2.24, 2.45) is 0 Å². The Morgan fingerprint density at radius 3 is 2.62 bits per heavy atom. The molecule has 5 nitrogen and oxygen atoms in total. The van der Waals surface area contributed by atoms with Gasteiger partial charge in [0.25, 0.3) is 5.92 Å². The first kappa shape index (κ1) is 18.3. The minimum Gasteiger partial charge on any atom is -0.454 e. The van der Waals surface area contributed by atoms with Crippen molar-refractivity contribution >= 4 is 28.7 Å². The summed E-state index contributed by atoms with van der Waals surface area (Å²) in [5.74, 6) is -2.60. The van der Waals surface area contributed by atoms with Crippen molar-refractivity contribution in [2.45, 2.75) is 19.3 Å². The number of ketones is 1. The number of ether oxygens (including phenoxy) is 1. The molecule has 3 rings (SSSR count). The van der Waals surface area contributed by atoms with Crippen LogP contribution in [0.2, 0.25) is 5.02 Å². The summed E-state index contributed by atoms with van der Waals surface area (Å²) in [6, 6.07) is 4.55. The van der Waals surface area contributed by atoms with Gasteiger partial charge in [-0.15, -0.1) is 11.3 Å². The second-order valence-electron chi connectivity index (χ2n) is 5.47. The van der Waals surface area contributed by atoms with Gasteiger partial charge in [-0.1, -0.05) is 11.6 Å². The Labute approximate surface area is 156 Å². The number of thiazole rings is 1. The number of Topliss-reactive ketones (excluding diaryl/α,β-unsaturated/α-hetero) is 1. The fraction of sp³-hybridized carbons (Fsp3) is 0.176. The Hall–Kier alpha value is -2.45. The number of halogens is 3. The molecule has 0 spiro atoms. The van der Waals surface area contributed by atoms with Gasteiger partial charge in [0.15, 0.2) is 11.5 Å². The zero-order chi connectivity index (χ0) is 18.7. The smallest absolute Gasteiger partial charge is 0.287 e. The predicted octanol–water partition coefficient (Wildman–Crippen LogP) is 4.92. The molecule has 0 unspecified atom stereocenters. The number of nitrogens with zero attached hydrogens (tertiary/aromatic N) is 3. The quantitative estimate of drug-likeness (QED) is 0.554. The second-order valence-corrected chi connectivity index (χ2v) is 6.85. The van der Waals surface area contributed by atoms with Gasteiger partial charge in [-0.2, -0.15) is 8.78 Å². The molecule has 3 aromatic rings. The highest BCUT2D eigenvalue weighted by molar-refractivity contribution is 7.09. The van der Waals surface area contributed by atoms with Gasteiger partial charge in [-0.25, -0.2) is 15.0 Å². The maximum Gasteiger partial charge on any atom is 0.287 e. The first-order chi connectivity index (χ1) is 12.3. The minimum absolute atomic E-state index is 0.102. The van der Waals surface area contributed by atoms with E-state index < -0.39 is 5.92 Å². The topological polar surface area (TPSA) is 65.0 Å². The summed E-state index contributed by atoms with van der Waals surface area (Å²) in [6.45, 7) is 0.765. The van der Waals surface area contributed by atoms with E-state index in [1.54, 1.807) is 6.07 Å². The van der Waals surface area contributed by atoms with Gasteiger partial charge in [-0.05, 0) is 18.2 Å². The Morgan fingerprint density at radius 2 is 1.96 bits per heavy atom. The first-order valence-electron chi connectivity index (χ1n) is 7.40. The zero-order valence-electron chi connectivity index (χ0n) is 13.4. The van der Waals surface area contributed by atoms with Crippen LogP contribution in [0.4, 0.5) is 8.78 Å². The maximum atomic E-state index is 13.3. The SMILES string of the molecule is CC(F)(F)c1csc(CC(=O)c2cc(Cl)cc(Oc3cncnc3)c2)n1. The summed E-state index contributed by atoms with van der Waals surface area (Å²) >= 11 is 7.07. The fourth-order valence-corrected chi connectivity index (χ4v) is 3.19. The molecule has 0 aliphatic heterocycles. The molecule has 9 heteroatoms. The van der Waals surface area contributed by atoms with Gasteiger partial charge >= 0.3 is 0 Å². The van der Waals surface area contributed by atoms with Crippen LogP contribution in [0.15, 0.2) is 42.3 Å². The van der Waals surface area contributed by atoms with Crippen LogP contribution in [0.3, 0.4) is 0 Å². The van der Waals surface area contributed by atoms with E-state index in [1.165, 1.54) is 36.2 Å². The van der Waals surface area contributed by atoms with Crippen LogP contribution >= 0.6 is 22.9 Å². The average molecular weight is 396 g/mol. The van der Waals surface area contributed by atoms with Crippen molar-refractivity contribution in [1.82, 2.24) is 15.0 Å². The summed E-state index contributed by atoms with van der Waals surface area (Å²) in [5, 5.41) is 1.87. The van der Waals surface area contributed by atoms with Crippen LogP contribution in [0.25, 0.3) is 0 Å². The molecule has 0 amide bonds. The van der Waals surface area contributed by atoms with Gasteiger partial charge < -0.3 is 4.74 Å². The van der Waals surface area contributed by atoms with Crippen molar-refractivity contribution in [1.29, 1.82) is 0 Å². The summed E-state index contributed by atoms with van der Waals surface area (Å²) in [6.07, 6.45) is 4.20. The lowest BCUT2D eigenvalue weighted by atomic mass is 10.1. The van der Waals surface area contributed by atoms with Gasteiger partial charge in [0.05, 0.1) is 18.8 Å². The monoisotopic (exact) mass is 395 g/mol. The normalized spacial score (nSPS) is 11.4. The van der Waals surface area contributed by atoms with E-state index in [-0.39, 0.29) is 17.9 Å². The van der Waals surface area contributed by atoms with E-state index in [2.05, 4.69) is 15.0 Å². The average Bonchev–Trinajstić information content (AvgIpc) is 3.04. The molecule has 0 bridgehead atoms. The molecule has 26 heavy (non-hydrogen) atoms. The van der Waals surface area contributed by atoms with Crippen LogP contribution in [0, 0.1) is 0 Å². The first-order valence-corrected chi connectivity index (χ1v) is 8.66. The third-order valence-corrected chi connectivity index (χ3v) is 4.35. The predicted molar refractivity (Wildman–Crippen MR) is 93.3 cm³/mol. The van der Waals surface area contributed by atoms with Crippen molar-refractivity contribution in [3.05, 3.63) is 63.6 Å². The molecule has 1 aromatic carbocycles. The third kappa shape index (κ3) is 4.59. The molecule has 0 aliphatic rings. The Morgan fingerprint density at radius 1 is 1.23 bits per heavy atom. The largest absolute Gasteiger partial charge is 0.454 e. The number of alkyl halides is 2. The van der Waals surface area contributed by atoms with Crippen LogP contribution in [0.5, 0.6) is 11.5 Å². The number of benzene rings is 1. The second kappa shape index (κ2) is 7.43. The summed E-state index contributed by atoms with van der Waals surface area (Å²) in [5.41, 5.74) is -0.0474. The Bertz CT molecular complexity index is 929. The van der Waals surface area contributed by atoms with E-state index in [0.29, 0.717) is 27.1 Å². The molecule has 0 aliphatic carbocycles. The molecule has 0 saturated heterocycles. The molecule has 0 N–H and O–H groups in total. The summed E-state index contributed by atoms with van der Waals surface area (Å²) in [4.78, 5) is 24.0. The molecule has 2 aromatic heterocycles. The molecule has 2 heterocycles. The van der Waals surface area contributed by atoms with Crippen molar-refractivity contribution in [3.63, 3.8) is 0 Å². The molecule has 0 atom stereocenters. The lowest BCUT2D eigenvalue weighted by Crippen LogP contribution is -2.09. The maximum absolute atomic E-state index is 13.3. The van der Waals surface area contributed by atoms with Crippen LogP contribution in [-0.2, 0) is 12.3 Å². The lowest BCUT2D eigenvalue weighted by molar-refractivity contribution is 0.0132. The van der Waals surface area contributed by atoms with E-state index in [1.807, 2.05) is 0 Å². The molecular formula is C17H12ClF2N3O2S. The fourth-order valence-electron chi connectivity index (χ4n) is 2.09. The minimum atomic E-state index is -3.04. The van der Waals surface area contributed by atoms with Crippen LogP contribution in [-0.4, -0.2) is 20.7 Å². The Kier molecular flexibility index (Phi) is 5.24. The highest BCUT2D eigenvalue weighted by Crippen LogP contribution is 2.29.